The van der Waals surface area contributed by atoms with E-state index in [4.69, 9.17) is 4.74 Å². The van der Waals surface area contributed by atoms with Crippen molar-refractivity contribution < 1.29 is 9.53 Å². The van der Waals surface area contributed by atoms with Crippen molar-refractivity contribution in [1.82, 2.24) is 5.32 Å². The van der Waals surface area contributed by atoms with Crippen molar-refractivity contribution in [2.45, 2.75) is 25.8 Å². The minimum absolute atomic E-state index is 0.0477. The monoisotopic (exact) mass is 297 g/mol. The first-order valence-corrected chi connectivity index (χ1v) is 7.60. The Morgan fingerprint density at radius 2 is 1.68 bits per heavy atom. The predicted molar refractivity (Wildman–Crippen MR) is 88.7 cm³/mol. The van der Waals surface area contributed by atoms with Gasteiger partial charge in [-0.2, -0.15) is 0 Å². The molecule has 2 aromatic rings. The van der Waals surface area contributed by atoms with Crippen LogP contribution in [0.15, 0.2) is 54.6 Å². The number of aryl methyl sites for hydroxylation is 1. The highest BCUT2D eigenvalue weighted by Crippen LogP contribution is 2.22. The summed E-state index contributed by atoms with van der Waals surface area (Å²) in [5, 5.41) is 3.13. The molecule has 0 heterocycles. The molecule has 1 amide bonds. The largest absolute Gasteiger partial charge is 0.385 e. The van der Waals surface area contributed by atoms with Crippen LogP contribution in [0.1, 0.15) is 35.6 Å². The second-order valence-electron chi connectivity index (χ2n) is 5.42. The summed E-state index contributed by atoms with van der Waals surface area (Å²) in [6.07, 6.45) is 1.21. The summed E-state index contributed by atoms with van der Waals surface area (Å²) in [5.74, 6) is 0.0477. The van der Waals surface area contributed by atoms with Crippen molar-refractivity contribution >= 4 is 5.91 Å². The van der Waals surface area contributed by atoms with Crippen molar-refractivity contribution in [1.29, 1.82) is 0 Å². The fourth-order valence-corrected chi connectivity index (χ4v) is 2.37. The normalized spacial score (nSPS) is 11.9. The first-order chi connectivity index (χ1) is 10.7. The van der Waals surface area contributed by atoms with Crippen LogP contribution in [0, 0.1) is 6.92 Å². The SMILES string of the molecule is COCCCC(=O)N[C@@H](c1ccccc1)c1ccc(C)cc1. The van der Waals surface area contributed by atoms with Gasteiger partial charge in [0.1, 0.15) is 0 Å². The minimum Gasteiger partial charge on any atom is -0.385 e. The van der Waals surface area contributed by atoms with Crippen LogP contribution in [-0.4, -0.2) is 19.6 Å². The number of benzene rings is 2. The van der Waals surface area contributed by atoms with Gasteiger partial charge in [0, 0.05) is 20.1 Å². The number of ether oxygens (including phenoxy) is 1. The van der Waals surface area contributed by atoms with Crippen molar-refractivity contribution in [3.05, 3.63) is 71.3 Å². The third kappa shape index (κ3) is 4.71. The molecule has 0 aliphatic carbocycles. The second kappa shape index (κ2) is 8.35. The lowest BCUT2D eigenvalue weighted by molar-refractivity contribution is -0.121. The van der Waals surface area contributed by atoms with Crippen LogP contribution in [0.25, 0.3) is 0 Å². The van der Waals surface area contributed by atoms with E-state index in [1.807, 2.05) is 30.3 Å². The van der Waals surface area contributed by atoms with Crippen LogP contribution in [0.4, 0.5) is 0 Å². The molecule has 1 atom stereocenters. The lowest BCUT2D eigenvalue weighted by Gasteiger charge is -2.20. The van der Waals surface area contributed by atoms with E-state index >= 15 is 0 Å². The summed E-state index contributed by atoms with van der Waals surface area (Å²) in [6, 6.07) is 18.2. The number of amides is 1. The molecule has 0 aromatic heterocycles. The molecule has 0 unspecified atom stereocenters. The zero-order valence-corrected chi connectivity index (χ0v) is 13.2. The number of carbonyl (C=O) groups is 1. The van der Waals surface area contributed by atoms with Gasteiger partial charge >= 0.3 is 0 Å². The van der Waals surface area contributed by atoms with Crippen LogP contribution in [0.2, 0.25) is 0 Å². The van der Waals surface area contributed by atoms with Crippen LogP contribution < -0.4 is 5.32 Å². The highest BCUT2D eigenvalue weighted by Gasteiger charge is 2.16. The van der Waals surface area contributed by atoms with Crippen LogP contribution in [-0.2, 0) is 9.53 Å². The zero-order valence-electron chi connectivity index (χ0n) is 13.2. The van der Waals surface area contributed by atoms with E-state index in [9.17, 15) is 4.79 Å². The molecular weight excluding hydrogens is 274 g/mol. The topological polar surface area (TPSA) is 38.3 Å². The van der Waals surface area contributed by atoms with Gasteiger partial charge in [-0.05, 0) is 24.5 Å². The maximum Gasteiger partial charge on any atom is 0.220 e. The van der Waals surface area contributed by atoms with E-state index in [0.29, 0.717) is 13.0 Å². The van der Waals surface area contributed by atoms with Gasteiger partial charge in [0.15, 0.2) is 0 Å². The molecule has 0 fully saturated rings. The van der Waals surface area contributed by atoms with E-state index in [1.54, 1.807) is 7.11 Å². The lowest BCUT2D eigenvalue weighted by Crippen LogP contribution is -2.29. The van der Waals surface area contributed by atoms with Crippen LogP contribution in [0.5, 0.6) is 0 Å². The lowest BCUT2D eigenvalue weighted by atomic mass is 9.97. The average Bonchev–Trinajstić information content (AvgIpc) is 2.55. The van der Waals surface area contributed by atoms with Gasteiger partial charge in [0.05, 0.1) is 6.04 Å². The zero-order chi connectivity index (χ0) is 15.8. The number of hydrogen-bond donors (Lipinski definition) is 1. The molecule has 0 saturated carbocycles. The predicted octanol–water partition coefficient (Wildman–Crippen LogP) is 3.63. The third-order valence-electron chi connectivity index (χ3n) is 3.60. The molecule has 0 aliphatic heterocycles. The van der Waals surface area contributed by atoms with Gasteiger partial charge in [0.25, 0.3) is 0 Å². The van der Waals surface area contributed by atoms with Gasteiger partial charge in [0.2, 0.25) is 5.91 Å². The molecule has 2 aromatic carbocycles. The highest BCUT2D eigenvalue weighted by molar-refractivity contribution is 5.77. The van der Waals surface area contributed by atoms with E-state index in [0.717, 1.165) is 17.5 Å². The van der Waals surface area contributed by atoms with E-state index in [1.165, 1.54) is 5.56 Å². The summed E-state index contributed by atoms with van der Waals surface area (Å²) in [4.78, 5) is 12.2. The molecule has 0 aliphatic rings. The van der Waals surface area contributed by atoms with Crippen LogP contribution >= 0.6 is 0 Å². The molecule has 0 saturated heterocycles. The van der Waals surface area contributed by atoms with Crippen molar-refractivity contribution in [2.75, 3.05) is 13.7 Å². The second-order valence-corrected chi connectivity index (χ2v) is 5.42. The Hall–Kier alpha value is -2.13. The Balaban J connectivity index is 2.15. The van der Waals surface area contributed by atoms with Gasteiger partial charge < -0.3 is 10.1 Å². The summed E-state index contributed by atoms with van der Waals surface area (Å²) in [7, 11) is 1.65. The van der Waals surface area contributed by atoms with E-state index in [-0.39, 0.29) is 11.9 Å². The first kappa shape index (κ1) is 16.2. The maximum absolute atomic E-state index is 12.2. The van der Waals surface area contributed by atoms with Crippen LogP contribution in [0.3, 0.4) is 0 Å². The van der Waals surface area contributed by atoms with E-state index in [2.05, 4.69) is 36.5 Å². The van der Waals surface area contributed by atoms with E-state index < -0.39 is 0 Å². The van der Waals surface area contributed by atoms with Gasteiger partial charge in [-0.25, -0.2) is 0 Å². The third-order valence-corrected chi connectivity index (χ3v) is 3.60. The number of methoxy groups -OCH3 is 1. The average molecular weight is 297 g/mol. The van der Waals surface area contributed by atoms with Crippen molar-refractivity contribution in [3.8, 4) is 0 Å². The molecule has 0 radical (unpaired) electrons. The number of carbonyl (C=O) groups excluding carboxylic acids is 1. The minimum atomic E-state index is -0.114. The molecule has 3 nitrogen and oxygen atoms in total. The Labute approximate surface area is 132 Å². The number of hydrogen-bond acceptors (Lipinski definition) is 2. The molecule has 2 rings (SSSR count). The molecule has 0 spiro atoms. The Bertz CT molecular complexity index is 578. The summed E-state index contributed by atoms with van der Waals surface area (Å²) in [5.41, 5.74) is 3.39. The molecule has 1 N–H and O–H groups in total. The molecule has 22 heavy (non-hydrogen) atoms. The number of nitrogens with one attached hydrogen (secondary N) is 1. The van der Waals surface area contributed by atoms with Gasteiger partial charge in [-0.1, -0.05) is 60.2 Å². The maximum atomic E-state index is 12.2. The van der Waals surface area contributed by atoms with Crippen molar-refractivity contribution in [2.24, 2.45) is 0 Å². The molecular formula is C19H23NO2. The Morgan fingerprint density at radius 1 is 1.05 bits per heavy atom. The summed E-state index contributed by atoms with van der Waals surface area (Å²) < 4.78 is 5.00. The molecule has 0 bridgehead atoms. The fraction of sp³-hybridized carbons (Fsp3) is 0.316. The highest BCUT2D eigenvalue weighted by atomic mass is 16.5. The Kier molecular flexibility index (Phi) is 6.16. The smallest absolute Gasteiger partial charge is 0.220 e. The molecule has 116 valence electrons. The summed E-state index contributed by atoms with van der Waals surface area (Å²) >= 11 is 0. The van der Waals surface area contributed by atoms with Gasteiger partial charge in [-0.3, -0.25) is 4.79 Å². The fourth-order valence-electron chi connectivity index (χ4n) is 2.37. The standard InChI is InChI=1S/C19H23NO2/c1-15-10-12-17(13-11-15)19(16-7-4-3-5-8-16)20-18(21)9-6-14-22-2/h3-5,7-8,10-13,19H,6,9,14H2,1-2H3,(H,20,21)/t19-/m0/s1. The quantitative estimate of drug-likeness (QED) is 0.793. The Morgan fingerprint density at radius 3 is 2.32 bits per heavy atom. The van der Waals surface area contributed by atoms with Gasteiger partial charge in [-0.15, -0.1) is 0 Å². The van der Waals surface area contributed by atoms with Crippen molar-refractivity contribution in [3.63, 3.8) is 0 Å². The summed E-state index contributed by atoms with van der Waals surface area (Å²) in [6.45, 7) is 2.67. The number of rotatable bonds is 7. The first-order valence-electron chi connectivity index (χ1n) is 7.60. The molecule has 3 heteroatoms.